The summed E-state index contributed by atoms with van der Waals surface area (Å²) in [5.41, 5.74) is 0.933. The zero-order valence-corrected chi connectivity index (χ0v) is 23.9. The molecule has 40 heavy (non-hydrogen) atoms. The molecule has 0 saturated carbocycles. The number of likely N-dealkylation sites (tertiary alicyclic amines) is 2. The molecule has 3 heterocycles. The first-order chi connectivity index (χ1) is 19.2. The first-order valence-corrected chi connectivity index (χ1v) is 14.6. The number of benzene rings is 1. The fourth-order valence-electron chi connectivity index (χ4n) is 6.29. The van der Waals surface area contributed by atoms with Crippen molar-refractivity contribution >= 4 is 12.0 Å². The summed E-state index contributed by atoms with van der Waals surface area (Å²) >= 11 is 0. The van der Waals surface area contributed by atoms with Gasteiger partial charge < -0.3 is 14.7 Å². The minimum atomic E-state index is -0.776. The number of aliphatic hydroxyl groups is 1. The number of carbonyl (C=O) groups is 2. The lowest BCUT2D eigenvalue weighted by Gasteiger charge is -2.36. The SMILES string of the molecule is CC(C)(C)OC(=O)N1[C@H](CC2C=CC(C(=O)N3CCC(n4cccn4)CC3)=CC2)CC[C@@H]1[C@H](O)c1ccccc1. The zero-order valence-electron chi connectivity index (χ0n) is 23.9. The predicted molar refractivity (Wildman–Crippen MR) is 153 cm³/mol. The van der Waals surface area contributed by atoms with E-state index in [0.29, 0.717) is 12.5 Å². The number of hydrogen-bond donors (Lipinski definition) is 1. The van der Waals surface area contributed by atoms with E-state index < -0.39 is 11.7 Å². The Hall–Kier alpha value is -3.39. The molecule has 0 spiro atoms. The van der Waals surface area contributed by atoms with Crippen molar-refractivity contribution in [1.29, 1.82) is 0 Å². The minimum Gasteiger partial charge on any atom is -0.444 e. The van der Waals surface area contributed by atoms with Crippen LogP contribution in [0.15, 0.2) is 72.6 Å². The Kier molecular flexibility index (Phi) is 8.45. The highest BCUT2D eigenvalue weighted by molar-refractivity contribution is 5.96. The van der Waals surface area contributed by atoms with E-state index in [2.05, 4.69) is 17.3 Å². The summed E-state index contributed by atoms with van der Waals surface area (Å²) in [6, 6.07) is 11.4. The Bertz CT molecular complexity index is 1210. The van der Waals surface area contributed by atoms with Crippen LogP contribution in [0.3, 0.4) is 0 Å². The van der Waals surface area contributed by atoms with Gasteiger partial charge in [0.15, 0.2) is 0 Å². The van der Waals surface area contributed by atoms with E-state index in [1.165, 1.54) is 0 Å². The molecular formula is C32H42N4O4. The molecule has 1 N–H and O–H groups in total. The van der Waals surface area contributed by atoms with Crippen LogP contribution >= 0.6 is 0 Å². The van der Waals surface area contributed by atoms with E-state index in [0.717, 1.165) is 56.3 Å². The molecule has 2 saturated heterocycles. The second kappa shape index (κ2) is 12.0. The van der Waals surface area contributed by atoms with Gasteiger partial charge in [0.1, 0.15) is 5.60 Å². The third kappa shape index (κ3) is 6.49. The Labute approximate surface area is 237 Å². The number of ether oxygens (including phenoxy) is 1. The van der Waals surface area contributed by atoms with Crippen LogP contribution in [0.4, 0.5) is 4.79 Å². The van der Waals surface area contributed by atoms with Crippen molar-refractivity contribution in [2.45, 2.75) is 89.1 Å². The van der Waals surface area contributed by atoms with Crippen molar-refractivity contribution in [1.82, 2.24) is 19.6 Å². The lowest BCUT2D eigenvalue weighted by molar-refractivity contribution is -0.128. The van der Waals surface area contributed by atoms with E-state index in [-0.39, 0.29) is 30.0 Å². The maximum Gasteiger partial charge on any atom is 0.410 e. The zero-order chi connectivity index (χ0) is 28.3. The van der Waals surface area contributed by atoms with Crippen LogP contribution in [0.2, 0.25) is 0 Å². The molecule has 1 aromatic carbocycles. The summed E-state index contributed by atoms with van der Waals surface area (Å²) in [5.74, 6) is 0.306. The lowest BCUT2D eigenvalue weighted by atomic mass is 9.89. The van der Waals surface area contributed by atoms with Crippen LogP contribution in [0.5, 0.6) is 0 Å². The van der Waals surface area contributed by atoms with Crippen molar-refractivity contribution in [2.24, 2.45) is 5.92 Å². The topological polar surface area (TPSA) is 87.9 Å². The van der Waals surface area contributed by atoms with Gasteiger partial charge in [0.05, 0.1) is 18.2 Å². The summed E-state index contributed by atoms with van der Waals surface area (Å²) in [4.78, 5) is 30.3. The van der Waals surface area contributed by atoms with Gasteiger partial charge in [-0.3, -0.25) is 14.4 Å². The van der Waals surface area contributed by atoms with E-state index in [4.69, 9.17) is 4.74 Å². The number of aliphatic hydroxyl groups excluding tert-OH is 1. The van der Waals surface area contributed by atoms with Gasteiger partial charge in [0.25, 0.3) is 5.91 Å². The van der Waals surface area contributed by atoms with Crippen molar-refractivity contribution in [3.8, 4) is 0 Å². The molecule has 8 heteroatoms. The lowest BCUT2D eigenvalue weighted by Crippen LogP contribution is -2.47. The quantitative estimate of drug-likeness (QED) is 0.521. The molecule has 2 amide bonds. The van der Waals surface area contributed by atoms with Gasteiger partial charge in [0.2, 0.25) is 0 Å². The number of amides is 2. The van der Waals surface area contributed by atoms with Crippen molar-refractivity contribution < 1.29 is 19.4 Å². The Morgan fingerprint density at radius 2 is 1.82 bits per heavy atom. The molecule has 1 aromatic heterocycles. The summed E-state index contributed by atoms with van der Waals surface area (Å²) in [6.07, 6.45) is 13.6. The number of nitrogens with zero attached hydrogens (tertiary/aromatic N) is 4. The van der Waals surface area contributed by atoms with Gasteiger partial charge in [-0.15, -0.1) is 0 Å². The molecule has 2 aliphatic heterocycles. The molecule has 8 nitrogen and oxygen atoms in total. The number of rotatable bonds is 6. The Morgan fingerprint density at radius 1 is 1.07 bits per heavy atom. The first-order valence-electron chi connectivity index (χ1n) is 14.6. The molecule has 2 fully saturated rings. The van der Waals surface area contributed by atoms with Gasteiger partial charge in [-0.2, -0.15) is 5.10 Å². The highest BCUT2D eigenvalue weighted by atomic mass is 16.6. The Balaban J connectivity index is 1.20. The monoisotopic (exact) mass is 546 g/mol. The number of aromatic nitrogens is 2. The number of allylic oxidation sites excluding steroid dienone is 2. The number of carbonyl (C=O) groups excluding carboxylic acids is 2. The second-order valence-electron chi connectivity index (χ2n) is 12.3. The standard InChI is InChI=1S/C32H42N4O4/c1-32(2,3)40-31(39)36-27(14-15-28(36)29(37)24-8-5-4-6-9-24)22-23-10-12-25(13-11-23)30(38)34-20-16-26(17-21-34)35-19-7-18-33-35/h4-10,12-13,18-19,23,26-29,37H,11,14-17,20-22H2,1-3H3/t23?,27-,28+,29+/m0/s1. The third-order valence-corrected chi connectivity index (χ3v) is 8.32. The van der Waals surface area contributed by atoms with E-state index in [9.17, 15) is 14.7 Å². The normalized spacial score (nSPS) is 24.6. The average molecular weight is 547 g/mol. The van der Waals surface area contributed by atoms with Gasteiger partial charge in [0, 0.05) is 37.1 Å². The molecule has 1 aliphatic carbocycles. The van der Waals surface area contributed by atoms with E-state index in [1.54, 1.807) is 11.1 Å². The van der Waals surface area contributed by atoms with Crippen LogP contribution in [0.1, 0.15) is 77.0 Å². The number of hydrogen-bond acceptors (Lipinski definition) is 5. The van der Waals surface area contributed by atoms with Gasteiger partial charge in [-0.25, -0.2) is 4.79 Å². The fourth-order valence-corrected chi connectivity index (χ4v) is 6.29. The van der Waals surface area contributed by atoms with Crippen LogP contribution in [-0.4, -0.2) is 67.5 Å². The second-order valence-corrected chi connectivity index (χ2v) is 12.3. The molecule has 0 radical (unpaired) electrons. The molecule has 2 aromatic rings. The summed E-state index contributed by atoms with van der Waals surface area (Å²) in [5, 5.41) is 15.6. The molecule has 5 rings (SSSR count). The van der Waals surface area contributed by atoms with Crippen LogP contribution in [-0.2, 0) is 9.53 Å². The first kappa shape index (κ1) is 28.1. The predicted octanol–water partition coefficient (Wildman–Crippen LogP) is 5.44. The smallest absolute Gasteiger partial charge is 0.410 e. The molecule has 0 bridgehead atoms. The Morgan fingerprint density at radius 3 is 2.45 bits per heavy atom. The molecule has 4 atom stereocenters. The average Bonchev–Trinajstić information content (AvgIpc) is 3.63. The highest BCUT2D eigenvalue weighted by Crippen LogP contribution is 2.38. The minimum absolute atomic E-state index is 0.0418. The van der Waals surface area contributed by atoms with Gasteiger partial charge in [-0.1, -0.05) is 48.6 Å². The summed E-state index contributed by atoms with van der Waals surface area (Å²) < 4.78 is 7.79. The third-order valence-electron chi connectivity index (χ3n) is 8.32. The summed E-state index contributed by atoms with van der Waals surface area (Å²) in [6.45, 7) is 7.06. The molecule has 3 aliphatic rings. The van der Waals surface area contributed by atoms with Crippen LogP contribution < -0.4 is 0 Å². The highest BCUT2D eigenvalue weighted by Gasteiger charge is 2.43. The molecule has 1 unspecified atom stereocenters. The maximum atomic E-state index is 13.4. The van der Waals surface area contributed by atoms with E-state index >= 15 is 0 Å². The van der Waals surface area contributed by atoms with Crippen molar-refractivity contribution in [3.63, 3.8) is 0 Å². The molecule has 214 valence electrons. The number of piperidine rings is 1. The van der Waals surface area contributed by atoms with E-state index in [1.807, 2.05) is 79.0 Å². The fraction of sp³-hybridized carbons (Fsp3) is 0.531. The van der Waals surface area contributed by atoms with Crippen molar-refractivity contribution in [3.05, 3.63) is 78.2 Å². The van der Waals surface area contributed by atoms with Gasteiger partial charge >= 0.3 is 6.09 Å². The van der Waals surface area contributed by atoms with Crippen LogP contribution in [0, 0.1) is 5.92 Å². The maximum absolute atomic E-state index is 13.4. The largest absolute Gasteiger partial charge is 0.444 e. The van der Waals surface area contributed by atoms with Crippen LogP contribution in [0.25, 0.3) is 0 Å². The molecular weight excluding hydrogens is 504 g/mol. The van der Waals surface area contributed by atoms with Crippen molar-refractivity contribution in [2.75, 3.05) is 13.1 Å². The van der Waals surface area contributed by atoms with Gasteiger partial charge in [-0.05, 0) is 76.8 Å². The summed E-state index contributed by atoms with van der Waals surface area (Å²) in [7, 11) is 0.